The van der Waals surface area contributed by atoms with Crippen molar-refractivity contribution in [2.45, 2.75) is 53.1 Å². The highest BCUT2D eigenvalue weighted by Crippen LogP contribution is 2.38. The summed E-state index contributed by atoms with van der Waals surface area (Å²) in [5, 5.41) is 3.49. The summed E-state index contributed by atoms with van der Waals surface area (Å²) >= 11 is 0. The molecule has 1 aliphatic rings. The molecule has 1 heterocycles. The van der Waals surface area contributed by atoms with Crippen molar-refractivity contribution in [2.24, 2.45) is 5.92 Å². The van der Waals surface area contributed by atoms with Crippen molar-refractivity contribution in [3.8, 4) is 17.2 Å². The molecule has 1 aromatic rings. The molecular weight excluding hydrogens is 266 g/mol. The van der Waals surface area contributed by atoms with Crippen molar-refractivity contribution >= 4 is 0 Å². The molecule has 1 aliphatic heterocycles. The van der Waals surface area contributed by atoms with Gasteiger partial charge in [0, 0.05) is 23.7 Å². The molecule has 118 valence electrons. The van der Waals surface area contributed by atoms with Crippen LogP contribution < -0.4 is 19.5 Å². The van der Waals surface area contributed by atoms with Crippen molar-refractivity contribution in [1.29, 1.82) is 0 Å². The molecule has 4 nitrogen and oxygen atoms in total. The van der Waals surface area contributed by atoms with Crippen LogP contribution in [0.5, 0.6) is 17.2 Å². The van der Waals surface area contributed by atoms with Crippen LogP contribution in [0.15, 0.2) is 12.1 Å². The topological polar surface area (TPSA) is 39.7 Å². The quantitative estimate of drug-likeness (QED) is 0.867. The normalized spacial score (nSPS) is 13.8. The average Bonchev–Trinajstić information content (AvgIpc) is 2.81. The van der Waals surface area contributed by atoms with E-state index in [1.165, 1.54) is 0 Å². The van der Waals surface area contributed by atoms with Crippen molar-refractivity contribution in [3.05, 3.63) is 17.7 Å². The standard InChI is InChI=1S/C17H27NO3/c1-12(2)6-7-19-14-9-16-15(20-11-21-16)8-13(14)10-18-17(3,4)5/h8-9,12,18H,6-7,10-11H2,1-5H3. The fraction of sp³-hybridized carbons (Fsp3) is 0.647. The van der Waals surface area contributed by atoms with Crippen LogP contribution in [0.25, 0.3) is 0 Å². The van der Waals surface area contributed by atoms with Crippen LogP contribution in [0.4, 0.5) is 0 Å². The van der Waals surface area contributed by atoms with Crippen molar-refractivity contribution in [2.75, 3.05) is 13.4 Å². The Morgan fingerprint density at radius 1 is 1.19 bits per heavy atom. The van der Waals surface area contributed by atoms with Crippen molar-refractivity contribution in [3.63, 3.8) is 0 Å². The van der Waals surface area contributed by atoms with Gasteiger partial charge >= 0.3 is 0 Å². The van der Waals surface area contributed by atoms with E-state index in [9.17, 15) is 0 Å². The van der Waals surface area contributed by atoms with E-state index in [0.717, 1.165) is 42.4 Å². The molecule has 0 unspecified atom stereocenters. The molecule has 1 aromatic carbocycles. The van der Waals surface area contributed by atoms with Gasteiger partial charge in [-0.1, -0.05) is 13.8 Å². The van der Waals surface area contributed by atoms with Gasteiger partial charge in [0.1, 0.15) is 5.75 Å². The van der Waals surface area contributed by atoms with Crippen molar-refractivity contribution < 1.29 is 14.2 Å². The minimum Gasteiger partial charge on any atom is -0.493 e. The summed E-state index contributed by atoms with van der Waals surface area (Å²) < 4.78 is 16.9. The lowest BCUT2D eigenvalue weighted by Crippen LogP contribution is -2.35. The van der Waals surface area contributed by atoms with Crippen LogP contribution in [0.2, 0.25) is 0 Å². The summed E-state index contributed by atoms with van der Waals surface area (Å²) in [5.74, 6) is 3.10. The molecule has 4 heteroatoms. The van der Waals surface area contributed by atoms with Gasteiger partial charge in [-0.3, -0.25) is 0 Å². The summed E-state index contributed by atoms with van der Waals surface area (Å²) in [5.41, 5.74) is 1.17. The molecule has 0 aromatic heterocycles. The maximum Gasteiger partial charge on any atom is 0.231 e. The number of nitrogens with one attached hydrogen (secondary N) is 1. The summed E-state index contributed by atoms with van der Waals surface area (Å²) in [4.78, 5) is 0. The van der Waals surface area contributed by atoms with Crippen LogP contribution in [0.3, 0.4) is 0 Å². The van der Waals surface area contributed by atoms with Gasteiger partial charge in [0.25, 0.3) is 0 Å². The Hall–Kier alpha value is -1.42. The third kappa shape index (κ3) is 4.81. The van der Waals surface area contributed by atoms with E-state index in [-0.39, 0.29) is 12.3 Å². The van der Waals surface area contributed by atoms with Crippen LogP contribution >= 0.6 is 0 Å². The van der Waals surface area contributed by atoms with Crippen LogP contribution in [-0.4, -0.2) is 18.9 Å². The molecule has 0 atom stereocenters. The van der Waals surface area contributed by atoms with Gasteiger partial charge in [0.2, 0.25) is 6.79 Å². The van der Waals surface area contributed by atoms with Gasteiger partial charge < -0.3 is 19.5 Å². The fourth-order valence-corrected chi connectivity index (χ4v) is 2.00. The smallest absolute Gasteiger partial charge is 0.231 e. The zero-order valence-corrected chi connectivity index (χ0v) is 13.8. The van der Waals surface area contributed by atoms with Gasteiger partial charge in [-0.15, -0.1) is 0 Å². The maximum atomic E-state index is 5.96. The minimum absolute atomic E-state index is 0.0611. The van der Waals surface area contributed by atoms with E-state index >= 15 is 0 Å². The van der Waals surface area contributed by atoms with Crippen LogP contribution in [0, 0.1) is 5.92 Å². The third-order valence-electron chi connectivity index (χ3n) is 3.32. The van der Waals surface area contributed by atoms with E-state index in [1.54, 1.807) is 0 Å². The maximum absolute atomic E-state index is 5.96. The molecule has 0 radical (unpaired) electrons. The van der Waals surface area contributed by atoms with Crippen LogP contribution in [-0.2, 0) is 6.54 Å². The zero-order valence-electron chi connectivity index (χ0n) is 13.8. The molecule has 1 N–H and O–H groups in total. The largest absolute Gasteiger partial charge is 0.493 e. The lowest BCUT2D eigenvalue weighted by molar-refractivity contribution is 0.173. The second-order valence-corrected chi connectivity index (χ2v) is 6.95. The van der Waals surface area contributed by atoms with E-state index < -0.39 is 0 Å². The van der Waals surface area contributed by atoms with Gasteiger partial charge in [0.15, 0.2) is 11.5 Å². The molecule has 0 bridgehead atoms. The number of rotatable bonds is 6. The first-order valence-corrected chi connectivity index (χ1v) is 7.65. The highest BCUT2D eigenvalue weighted by Gasteiger charge is 2.19. The molecule has 0 saturated carbocycles. The van der Waals surface area contributed by atoms with E-state index in [2.05, 4.69) is 39.9 Å². The molecule has 0 fully saturated rings. The number of hydrogen-bond donors (Lipinski definition) is 1. The molecule has 21 heavy (non-hydrogen) atoms. The molecule has 2 rings (SSSR count). The Kier molecular flexibility index (Phi) is 4.99. The van der Waals surface area contributed by atoms with E-state index in [4.69, 9.17) is 14.2 Å². The number of benzene rings is 1. The molecule has 0 spiro atoms. The highest BCUT2D eigenvalue weighted by atomic mass is 16.7. The van der Waals surface area contributed by atoms with Crippen LogP contribution in [0.1, 0.15) is 46.6 Å². The monoisotopic (exact) mass is 293 g/mol. The van der Waals surface area contributed by atoms with Gasteiger partial charge in [-0.25, -0.2) is 0 Å². The molecule has 0 saturated heterocycles. The Labute approximate surface area is 127 Å². The number of hydrogen-bond acceptors (Lipinski definition) is 4. The Balaban J connectivity index is 2.11. The van der Waals surface area contributed by atoms with E-state index in [0.29, 0.717) is 5.92 Å². The molecule has 0 aliphatic carbocycles. The van der Waals surface area contributed by atoms with Crippen molar-refractivity contribution in [1.82, 2.24) is 5.32 Å². The Morgan fingerprint density at radius 2 is 1.86 bits per heavy atom. The summed E-state index contributed by atoms with van der Waals surface area (Å²) in [6.07, 6.45) is 1.04. The predicted molar refractivity (Wildman–Crippen MR) is 84.1 cm³/mol. The average molecular weight is 293 g/mol. The minimum atomic E-state index is 0.0611. The molecule has 0 amide bonds. The van der Waals surface area contributed by atoms with Gasteiger partial charge in [-0.2, -0.15) is 0 Å². The first kappa shape index (κ1) is 16.0. The molecular formula is C17H27NO3. The second kappa shape index (κ2) is 6.56. The second-order valence-electron chi connectivity index (χ2n) is 6.95. The summed E-state index contributed by atoms with van der Waals surface area (Å²) in [6.45, 7) is 12.6. The third-order valence-corrected chi connectivity index (χ3v) is 3.32. The predicted octanol–water partition coefficient (Wildman–Crippen LogP) is 3.73. The highest BCUT2D eigenvalue weighted by molar-refractivity contribution is 5.51. The lowest BCUT2D eigenvalue weighted by Gasteiger charge is -2.22. The summed E-state index contributed by atoms with van der Waals surface area (Å²) in [7, 11) is 0. The summed E-state index contributed by atoms with van der Waals surface area (Å²) in [6, 6.07) is 3.97. The SMILES string of the molecule is CC(C)CCOc1cc2c(cc1CNC(C)(C)C)OCO2. The fourth-order valence-electron chi connectivity index (χ4n) is 2.00. The first-order valence-electron chi connectivity index (χ1n) is 7.65. The number of fused-ring (bicyclic) bond motifs is 1. The number of ether oxygens (including phenoxy) is 3. The van der Waals surface area contributed by atoms with Gasteiger partial charge in [-0.05, 0) is 39.2 Å². The zero-order chi connectivity index (χ0) is 15.5. The Morgan fingerprint density at radius 3 is 2.48 bits per heavy atom. The Bertz CT molecular complexity index is 478. The first-order chi connectivity index (χ1) is 9.85. The lowest BCUT2D eigenvalue weighted by atomic mass is 10.1. The van der Waals surface area contributed by atoms with Gasteiger partial charge in [0.05, 0.1) is 6.61 Å². The van der Waals surface area contributed by atoms with E-state index in [1.807, 2.05) is 12.1 Å².